The second kappa shape index (κ2) is 15.6. The molecular formula is C36H36Br2N2O6. The van der Waals surface area contributed by atoms with E-state index in [9.17, 15) is 4.79 Å². The first-order chi connectivity index (χ1) is 22.4. The summed E-state index contributed by atoms with van der Waals surface area (Å²) in [7, 11) is 3.24. The summed E-state index contributed by atoms with van der Waals surface area (Å²) in [5.41, 5.74) is 2.01. The fraction of sp³-hybridized carbons (Fsp3) is 0.278. The molecule has 0 spiro atoms. The van der Waals surface area contributed by atoms with Crippen molar-refractivity contribution < 1.29 is 28.8 Å². The molecule has 10 heteroatoms. The van der Waals surface area contributed by atoms with Gasteiger partial charge in [-0.1, -0.05) is 68.3 Å². The zero-order valence-electron chi connectivity index (χ0n) is 25.7. The molecule has 8 nitrogen and oxygen atoms in total. The van der Waals surface area contributed by atoms with Crippen molar-refractivity contribution in [2.45, 2.75) is 30.9 Å². The maximum atomic E-state index is 14.6. The fourth-order valence-corrected chi connectivity index (χ4v) is 6.34. The number of carbonyl (C=O) groups excluding carboxylic acids is 1. The van der Waals surface area contributed by atoms with Crippen LogP contribution in [-0.2, 0) is 22.4 Å². The molecule has 1 amide bonds. The molecule has 0 saturated heterocycles. The van der Waals surface area contributed by atoms with Crippen LogP contribution in [0.4, 0.5) is 0 Å². The smallest absolute Gasteiger partial charge is 0.252 e. The molecule has 1 aliphatic rings. The Balaban J connectivity index is 1.53. The van der Waals surface area contributed by atoms with E-state index in [1.165, 1.54) is 0 Å². The maximum absolute atomic E-state index is 14.6. The largest absolute Gasteiger partial charge is 0.497 e. The zero-order valence-corrected chi connectivity index (χ0v) is 28.8. The minimum absolute atomic E-state index is 0.0634. The number of rotatable bonds is 14. The number of nitrogens with zero attached hydrogens (tertiary/aromatic N) is 1. The van der Waals surface area contributed by atoms with E-state index >= 15 is 0 Å². The van der Waals surface area contributed by atoms with E-state index in [1.807, 2.05) is 91.0 Å². The first-order valence-corrected chi connectivity index (χ1v) is 16.5. The molecule has 0 unspecified atom stereocenters. The Bertz CT molecular complexity index is 1680. The van der Waals surface area contributed by atoms with Gasteiger partial charge in [0.2, 0.25) is 5.90 Å². The minimum atomic E-state index is -1.35. The van der Waals surface area contributed by atoms with Crippen molar-refractivity contribution >= 4 is 43.7 Å². The number of nitrogens with one attached hydrogen (secondary N) is 1. The van der Waals surface area contributed by atoms with Gasteiger partial charge in [0.05, 0.1) is 20.8 Å². The van der Waals surface area contributed by atoms with Crippen LogP contribution in [-0.4, -0.2) is 56.4 Å². The Morgan fingerprint density at radius 3 is 2.33 bits per heavy atom. The van der Waals surface area contributed by atoms with Crippen molar-refractivity contribution in [3.63, 3.8) is 0 Å². The Morgan fingerprint density at radius 1 is 0.913 bits per heavy atom. The lowest BCUT2D eigenvalue weighted by Crippen LogP contribution is -2.50. The Labute approximate surface area is 286 Å². The van der Waals surface area contributed by atoms with Gasteiger partial charge < -0.3 is 29.4 Å². The van der Waals surface area contributed by atoms with Gasteiger partial charge >= 0.3 is 0 Å². The predicted octanol–water partition coefficient (Wildman–Crippen LogP) is 6.85. The van der Waals surface area contributed by atoms with E-state index < -0.39 is 11.6 Å². The summed E-state index contributed by atoms with van der Waals surface area (Å²) in [6.07, 6.45) is 0.604. The number of benzene rings is 4. The number of carbonyl (C=O) groups is 1. The molecule has 240 valence electrons. The van der Waals surface area contributed by atoms with Crippen LogP contribution >= 0.6 is 31.9 Å². The second-order valence-electron chi connectivity index (χ2n) is 10.8. The van der Waals surface area contributed by atoms with Crippen LogP contribution in [0.3, 0.4) is 0 Å². The lowest BCUT2D eigenvalue weighted by atomic mass is 9.82. The Kier molecular flexibility index (Phi) is 11.4. The molecule has 0 radical (unpaired) electrons. The summed E-state index contributed by atoms with van der Waals surface area (Å²) < 4.78 is 25.1. The Hall–Kier alpha value is -3.86. The normalized spacial score (nSPS) is 17.2. The molecular weight excluding hydrogens is 716 g/mol. The van der Waals surface area contributed by atoms with E-state index in [4.69, 9.17) is 29.0 Å². The molecule has 0 fully saturated rings. The molecule has 46 heavy (non-hydrogen) atoms. The van der Waals surface area contributed by atoms with E-state index in [2.05, 4.69) is 37.2 Å². The lowest BCUT2D eigenvalue weighted by molar-refractivity contribution is -0.128. The van der Waals surface area contributed by atoms with E-state index in [0.717, 1.165) is 36.9 Å². The van der Waals surface area contributed by atoms with Crippen LogP contribution in [0.25, 0.3) is 0 Å². The van der Waals surface area contributed by atoms with Crippen molar-refractivity contribution in [2.75, 3.05) is 34.0 Å². The summed E-state index contributed by atoms with van der Waals surface area (Å²) in [6, 6.07) is 28.6. The summed E-state index contributed by atoms with van der Waals surface area (Å²) in [5.74, 6) is 2.20. The van der Waals surface area contributed by atoms with Gasteiger partial charge in [-0.05, 0) is 72.1 Å². The van der Waals surface area contributed by atoms with Crippen LogP contribution < -0.4 is 19.5 Å². The number of amides is 1. The average Bonchev–Trinajstić information content (AvgIpc) is 3.46. The van der Waals surface area contributed by atoms with E-state index in [1.54, 1.807) is 14.2 Å². The summed E-state index contributed by atoms with van der Waals surface area (Å²) in [4.78, 5) is 19.7. The van der Waals surface area contributed by atoms with Crippen LogP contribution in [0.2, 0.25) is 0 Å². The number of ether oxygens (including phenoxy) is 4. The molecule has 2 N–H and O–H groups in total. The van der Waals surface area contributed by atoms with Crippen LogP contribution in [0.5, 0.6) is 17.2 Å². The number of aliphatic hydroxyl groups is 1. The standard InChI is InChI=1S/C36H36Br2N2O6/c1-43-28-16-17-32(44-2)25(22-28)18-19-39-35(42)36(23-26-8-3-5-10-30(26)37)33(29-9-4-6-11-31(29)38)46-34(40-36)24-12-14-27(15-13-24)45-21-7-20-41/h3-6,8-17,22,33,41H,7,18-21,23H2,1-2H3,(H,39,42)/t33-,36-/m1/s1. The van der Waals surface area contributed by atoms with Gasteiger partial charge in [-0.25, -0.2) is 4.99 Å². The van der Waals surface area contributed by atoms with Gasteiger partial charge in [-0.3, -0.25) is 4.79 Å². The zero-order chi connectivity index (χ0) is 32.5. The molecule has 0 saturated carbocycles. The first-order valence-electron chi connectivity index (χ1n) is 15.0. The summed E-state index contributed by atoms with van der Waals surface area (Å²) >= 11 is 7.39. The molecule has 0 aromatic heterocycles. The molecule has 4 aromatic carbocycles. The van der Waals surface area contributed by atoms with Crippen molar-refractivity contribution in [1.29, 1.82) is 0 Å². The maximum Gasteiger partial charge on any atom is 0.252 e. The molecule has 2 atom stereocenters. The summed E-state index contributed by atoms with van der Waals surface area (Å²) in [6.45, 7) is 0.815. The van der Waals surface area contributed by atoms with Crippen LogP contribution in [0.1, 0.15) is 34.8 Å². The fourth-order valence-electron chi connectivity index (χ4n) is 5.42. The topological polar surface area (TPSA) is 98.6 Å². The number of hydrogen-bond donors (Lipinski definition) is 2. The van der Waals surface area contributed by atoms with Crippen LogP contribution in [0, 0.1) is 0 Å². The van der Waals surface area contributed by atoms with Crippen molar-refractivity contribution in [3.8, 4) is 17.2 Å². The highest BCUT2D eigenvalue weighted by atomic mass is 79.9. The number of methoxy groups -OCH3 is 2. The third-order valence-electron chi connectivity index (χ3n) is 7.80. The molecule has 1 aliphatic heterocycles. The average molecular weight is 753 g/mol. The highest BCUT2D eigenvalue weighted by Gasteiger charge is 2.54. The van der Waals surface area contributed by atoms with Crippen LogP contribution in [0.15, 0.2) is 105 Å². The van der Waals surface area contributed by atoms with Crippen molar-refractivity contribution in [1.82, 2.24) is 5.32 Å². The SMILES string of the molecule is COc1ccc(OC)c(CCNC(=O)[C@]2(Cc3ccccc3Br)N=C(c3ccc(OCCCO)cc3)O[C@@H]2c2ccccc2Br)c1. The van der Waals surface area contributed by atoms with Gasteiger partial charge in [-0.15, -0.1) is 0 Å². The van der Waals surface area contributed by atoms with Gasteiger partial charge in [0.25, 0.3) is 5.91 Å². The number of halogens is 2. The second-order valence-corrected chi connectivity index (χ2v) is 12.5. The number of aliphatic imine (C=N–C) groups is 1. The monoisotopic (exact) mass is 750 g/mol. The van der Waals surface area contributed by atoms with Crippen molar-refractivity contribution in [2.24, 2.45) is 4.99 Å². The molecule has 0 bridgehead atoms. The number of hydrogen-bond acceptors (Lipinski definition) is 7. The summed E-state index contributed by atoms with van der Waals surface area (Å²) in [5, 5.41) is 12.3. The van der Waals surface area contributed by atoms with Gasteiger partial charge in [-0.2, -0.15) is 0 Å². The van der Waals surface area contributed by atoms with Gasteiger partial charge in [0.15, 0.2) is 11.6 Å². The quantitative estimate of drug-likeness (QED) is 0.137. The molecule has 1 heterocycles. The van der Waals surface area contributed by atoms with E-state index in [0.29, 0.717) is 43.4 Å². The Morgan fingerprint density at radius 2 is 1.63 bits per heavy atom. The van der Waals surface area contributed by atoms with Gasteiger partial charge in [0, 0.05) is 46.1 Å². The molecule has 0 aliphatic carbocycles. The third-order valence-corrected chi connectivity index (χ3v) is 9.30. The lowest BCUT2D eigenvalue weighted by Gasteiger charge is -2.31. The first kappa shape index (κ1) is 33.5. The minimum Gasteiger partial charge on any atom is -0.497 e. The highest BCUT2D eigenvalue weighted by Crippen LogP contribution is 2.45. The third kappa shape index (κ3) is 7.57. The highest BCUT2D eigenvalue weighted by molar-refractivity contribution is 9.10. The van der Waals surface area contributed by atoms with Gasteiger partial charge in [0.1, 0.15) is 17.2 Å². The molecule has 4 aromatic rings. The van der Waals surface area contributed by atoms with Crippen molar-refractivity contribution in [3.05, 3.63) is 122 Å². The number of aliphatic hydroxyl groups excluding tert-OH is 1. The molecule has 5 rings (SSSR count). The predicted molar refractivity (Wildman–Crippen MR) is 185 cm³/mol. The van der Waals surface area contributed by atoms with E-state index in [-0.39, 0.29) is 18.9 Å².